The Bertz CT molecular complexity index is 672. The molecule has 0 radical (unpaired) electrons. The summed E-state index contributed by atoms with van der Waals surface area (Å²) >= 11 is 0. The van der Waals surface area contributed by atoms with Crippen LogP contribution in [0.25, 0.3) is 0 Å². The van der Waals surface area contributed by atoms with Gasteiger partial charge in [-0.1, -0.05) is 18.2 Å². The highest BCUT2D eigenvalue weighted by atomic mass is 19.1. The number of nitrogens with one attached hydrogen (secondary N) is 1. The van der Waals surface area contributed by atoms with Crippen LogP contribution in [-0.2, 0) is 9.53 Å². The maximum absolute atomic E-state index is 12.9. The van der Waals surface area contributed by atoms with E-state index < -0.39 is 24.3 Å². The molecule has 0 bridgehead atoms. The van der Waals surface area contributed by atoms with E-state index in [0.717, 1.165) is 6.07 Å². The fraction of sp³-hybridized carbons (Fsp3) is 0.0667. The number of benzene rings is 2. The van der Waals surface area contributed by atoms with E-state index in [1.807, 2.05) is 0 Å². The Hall–Kier alpha value is -2.89. The van der Waals surface area contributed by atoms with Crippen LogP contribution in [0.1, 0.15) is 10.4 Å². The van der Waals surface area contributed by atoms with Crippen LogP contribution in [0.2, 0.25) is 0 Å². The minimum absolute atomic E-state index is 0.0314. The van der Waals surface area contributed by atoms with E-state index in [1.165, 1.54) is 30.3 Å². The quantitative estimate of drug-likeness (QED) is 0.847. The van der Waals surface area contributed by atoms with Crippen molar-refractivity contribution in [3.05, 3.63) is 59.9 Å². The van der Waals surface area contributed by atoms with E-state index >= 15 is 0 Å². The lowest BCUT2D eigenvalue weighted by Crippen LogP contribution is -2.21. The molecule has 0 spiro atoms. The van der Waals surface area contributed by atoms with Crippen LogP contribution in [-0.4, -0.2) is 23.6 Å². The zero-order valence-electron chi connectivity index (χ0n) is 10.9. The zero-order chi connectivity index (χ0) is 15.2. The number of aromatic hydroxyl groups is 1. The molecule has 0 aromatic heterocycles. The predicted octanol–water partition coefficient (Wildman–Crippen LogP) is 2.33. The van der Waals surface area contributed by atoms with E-state index in [1.54, 1.807) is 12.1 Å². The molecule has 2 rings (SSSR count). The average molecular weight is 289 g/mol. The summed E-state index contributed by atoms with van der Waals surface area (Å²) in [4.78, 5) is 23.2. The SMILES string of the molecule is O=C(COC(=O)c1ccccc1O)Nc1cccc(F)c1. The molecule has 21 heavy (non-hydrogen) atoms. The van der Waals surface area contributed by atoms with Crippen LogP contribution < -0.4 is 5.32 Å². The highest BCUT2D eigenvalue weighted by Gasteiger charge is 2.13. The first-order chi connectivity index (χ1) is 10.1. The Labute approximate surface area is 120 Å². The van der Waals surface area contributed by atoms with E-state index in [9.17, 15) is 19.1 Å². The summed E-state index contributed by atoms with van der Waals surface area (Å²) in [6, 6.07) is 11.2. The number of rotatable bonds is 4. The number of hydrogen-bond acceptors (Lipinski definition) is 4. The van der Waals surface area contributed by atoms with Gasteiger partial charge in [0.25, 0.3) is 5.91 Å². The van der Waals surface area contributed by atoms with Crippen LogP contribution in [0.5, 0.6) is 5.75 Å². The first-order valence-corrected chi connectivity index (χ1v) is 6.07. The Balaban J connectivity index is 1.90. The van der Waals surface area contributed by atoms with Gasteiger partial charge >= 0.3 is 5.97 Å². The van der Waals surface area contributed by atoms with Crippen molar-refractivity contribution >= 4 is 17.6 Å². The van der Waals surface area contributed by atoms with E-state index in [2.05, 4.69) is 5.32 Å². The second-order valence-corrected chi connectivity index (χ2v) is 4.15. The Kier molecular flexibility index (Phi) is 4.50. The molecule has 0 aliphatic carbocycles. The van der Waals surface area contributed by atoms with Gasteiger partial charge in [-0.15, -0.1) is 0 Å². The number of phenols is 1. The molecule has 5 nitrogen and oxygen atoms in total. The third-order valence-electron chi connectivity index (χ3n) is 2.57. The summed E-state index contributed by atoms with van der Waals surface area (Å²) in [5.41, 5.74) is 0.231. The number of carbonyl (C=O) groups excluding carboxylic acids is 2. The van der Waals surface area contributed by atoms with E-state index in [0.29, 0.717) is 0 Å². The van der Waals surface area contributed by atoms with Gasteiger partial charge in [-0.3, -0.25) is 4.79 Å². The zero-order valence-corrected chi connectivity index (χ0v) is 10.9. The third kappa shape index (κ3) is 4.04. The second-order valence-electron chi connectivity index (χ2n) is 4.15. The molecule has 0 fully saturated rings. The van der Waals surface area contributed by atoms with Crippen LogP contribution in [0.4, 0.5) is 10.1 Å². The Morgan fingerprint density at radius 3 is 2.62 bits per heavy atom. The average Bonchev–Trinajstić information content (AvgIpc) is 2.45. The number of phenolic OH excluding ortho intramolecular Hbond substituents is 1. The molecular formula is C15H12FNO4. The summed E-state index contributed by atoms with van der Waals surface area (Å²) in [6.07, 6.45) is 0. The molecule has 0 heterocycles. The molecule has 2 aromatic carbocycles. The van der Waals surface area contributed by atoms with Crippen molar-refractivity contribution in [2.75, 3.05) is 11.9 Å². The lowest BCUT2D eigenvalue weighted by molar-refractivity contribution is -0.119. The standard InChI is InChI=1S/C15H12FNO4/c16-10-4-3-5-11(8-10)17-14(19)9-21-15(20)12-6-1-2-7-13(12)18/h1-8,18H,9H2,(H,17,19). The topological polar surface area (TPSA) is 75.6 Å². The monoisotopic (exact) mass is 289 g/mol. The van der Waals surface area contributed by atoms with Gasteiger partial charge in [0.15, 0.2) is 6.61 Å². The number of para-hydroxylation sites is 1. The molecule has 6 heteroatoms. The van der Waals surface area contributed by atoms with Gasteiger partial charge < -0.3 is 15.2 Å². The molecule has 0 aliphatic heterocycles. The Morgan fingerprint density at radius 1 is 1.14 bits per heavy atom. The molecular weight excluding hydrogens is 277 g/mol. The van der Waals surface area contributed by atoms with Crippen molar-refractivity contribution in [1.29, 1.82) is 0 Å². The third-order valence-corrected chi connectivity index (χ3v) is 2.57. The first-order valence-electron chi connectivity index (χ1n) is 6.07. The number of anilines is 1. The first kappa shape index (κ1) is 14.5. The fourth-order valence-electron chi connectivity index (χ4n) is 1.62. The molecule has 0 atom stereocenters. The molecule has 0 unspecified atom stereocenters. The Morgan fingerprint density at radius 2 is 1.90 bits per heavy atom. The summed E-state index contributed by atoms with van der Waals surface area (Å²) in [5, 5.41) is 11.9. The second kappa shape index (κ2) is 6.51. The van der Waals surface area contributed by atoms with Gasteiger partial charge in [-0.25, -0.2) is 9.18 Å². The minimum atomic E-state index is -0.817. The highest BCUT2D eigenvalue weighted by molar-refractivity contribution is 5.96. The normalized spacial score (nSPS) is 9.95. The summed E-state index contributed by atoms with van der Waals surface area (Å²) < 4.78 is 17.7. The number of hydrogen-bond donors (Lipinski definition) is 2. The summed E-state index contributed by atoms with van der Waals surface area (Å²) in [6.45, 7) is -0.538. The molecule has 2 N–H and O–H groups in total. The lowest BCUT2D eigenvalue weighted by Gasteiger charge is -2.07. The molecule has 108 valence electrons. The number of ether oxygens (including phenoxy) is 1. The lowest BCUT2D eigenvalue weighted by atomic mass is 10.2. The van der Waals surface area contributed by atoms with E-state index in [4.69, 9.17) is 4.74 Å². The molecule has 2 aromatic rings. The number of halogens is 1. The fourth-order valence-corrected chi connectivity index (χ4v) is 1.62. The van der Waals surface area contributed by atoms with Crippen molar-refractivity contribution in [1.82, 2.24) is 0 Å². The smallest absolute Gasteiger partial charge is 0.342 e. The summed E-state index contributed by atoms with van der Waals surface area (Å²) in [7, 11) is 0. The van der Waals surface area contributed by atoms with Gasteiger partial charge in [-0.2, -0.15) is 0 Å². The van der Waals surface area contributed by atoms with E-state index in [-0.39, 0.29) is 17.0 Å². The maximum Gasteiger partial charge on any atom is 0.342 e. The largest absolute Gasteiger partial charge is 0.507 e. The van der Waals surface area contributed by atoms with Crippen molar-refractivity contribution in [2.24, 2.45) is 0 Å². The molecule has 0 aliphatic rings. The molecule has 0 saturated heterocycles. The van der Waals surface area contributed by atoms with Crippen molar-refractivity contribution in [3.63, 3.8) is 0 Å². The van der Waals surface area contributed by atoms with Gasteiger partial charge in [0, 0.05) is 5.69 Å². The van der Waals surface area contributed by atoms with Crippen molar-refractivity contribution in [2.45, 2.75) is 0 Å². The van der Waals surface area contributed by atoms with Gasteiger partial charge in [0.05, 0.1) is 0 Å². The predicted molar refractivity (Wildman–Crippen MR) is 73.4 cm³/mol. The van der Waals surface area contributed by atoms with Crippen LogP contribution >= 0.6 is 0 Å². The van der Waals surface area contributed by atoms with Gasteiger partial charge in [0.2, 0.25) is 0 Å². The van der Waals surface area contributed by atoms with Crippen LogP contribution in [0.15, 0.2) is 48.5 Å². The van der Waals surface area contributed by atoms with Crippen LogP contribution in [0, 0.1) is 5.82 Å². The van der Waals surface area contributed by atoms with Crippen LogP contribution in [0.3, 0.4) is 0 Å². The highest BCUT2D eigenvalue weighted by Crippen LogP contribution is 2.16. The van der Waals surface area contributed by atoms with Crippen molar-refractivity contribution < 1.29 is 23.8 Å². The number of amides is 1. The molecule has 0 saturated carbocycles. The van der Waals surface area contributed by atoms with Gasteiger partial charge in [0.1, 0.15) is 17.1 Å². The minimum Gasteiger partial charge on any atom is -0.507 e. The van der Waals surface area contributed by atoms with Crippen molar-refractivity contribution in [3.8, 4) is 5.75 Å². The number of esters is 1. The number of carbonyl (C=O) groups is 2. The summed E-state index contributed by atoms with van der Waals surface area (Å²) in [5.74, 6) is -2.14. The van der Waals surface area contributed by atoms with Gasteiger partial charge in [-0.05, 0) is 30.3 Å². The maximum atomic E-state index is 12.9. The molecule has 1 amide bonds.